The Morgan fingerprint density at radius 1 is 0.460 bits per heavy atom. The number of rotatable bonds is 11. The van der Waals surface area contributed by atoms with E-state index in [9.17, 15) is 0 Å². The highest BCUT2D eigenvalue weighted by Crippen LogP contribution is 2.38. The average molecular weight is 645 g/mol. The summed E-state index contributed by atoms with van der Waals surface area (Å²) < 4.78 is 0. The zero-order chi connectivity index (χ0) is 34.1. The number of benzene rings is 6. The average Bonchev–Trinajstić information content (AvgIpc) is 3.19. The number of hydrogen-bond acceptors (Lipinski definition) is 4. The molecule has 4 heteroatoms. The predicted molar refractivity (Wildman–Crippen MR) is 211 cm³/mol. The van der Waals surface area contributed by atoms with E-state index in [-0.39, 0.29) is 0 Å². The first-order valence-corrected chi connectivity index (χ1v) is 16.6. The third-order valence-electron chi connectivity index (χ3n) is 8.53. The number of anilines is 6. The van der Waals surface area contributed by atoms with E-state index in [1.807, 2.05) is 60.8 Å². The van der Waals surface area contributed by atoms with Crippen LogP contribution in [0.4, 0.5) is 34.1 Å². The van der Waals surface area contributed by atoms with Gasteiger partial charge in [-0.1, -0.05) is 104 Å². The molecule has 0 aliphatic rings. The minimum Gasteiger partial charge on any atom is -0.310 e. The predicted octanol–water partition coefficient (Wildman–Crippen LogP) is 12.4. The monoisotopic (exact) mass is 644 g/mol. The van der Waals surface area contributed by atoms with Crippen LogP contribution in [-0.4, -0.2) is 11.2 Å². The Kier molecular flexibility index (Phi) is 9.52. The summed E-state index contributed by atoms with van der Waals surface area (Å²) in [4.78, 5) is 9.09. The normalized spacial score (nSPS) is 11.1. The van der Waals surface area contributed by atoms with E-state index in [0.29, 0.717) is 0 Å². The first kappa shape index (κ1) is 31.8. The van der Waals surface area contributed by atoms with E-state index < -0.39 is 0 Å². The molecular formula is C46H36N4. The second-order valence-corrected chi connectivity index (χ2v) is 11.8. The van der Waals surface area contributed by atoms with Gasteiger partial charge in [0.05, 0.1) is 0 Å². The number of para-hydroxylation sites is 4. The highest BCUT2D eigenvalue weighted by Gasteiger charge is 2.15. The fourth-order valence-corrected chi connectivity index (χ4v) is 6.11. The highest BCUT2D eigenvalue weighted by molar-refractivity contribution is 6.11. The zero-order valence-corrected chi connectivity index (χ0v) is 27.6. The molecule has 0 spiro atoms. The Morgan fingerprint density at radius 3 is 1.42 bits per heavy atom. The van der Waals surface area contributed by atoms with Gasteiger partial charge < -0.3 is 15.2 Å². The van der Waals surface area contributed by atoms with Gasteiger partial charge in [-0.3, -0.25) is 4.98 Å². The molecule has 4 nitrogen and oxygen atoms in total. The van der Waals surface area contributed by atoms with Gasteiger partial charge in [-0.05, 0) is 102 Å². The first-order valence-electron chi connectivity index (χ1n) is 16.6. The molecule has 6 aromatic carbocycles. The van der Waals surface area contributed by atoms with Crippen molar-refractivity contribution in [3.8, 4) is 11.1 Å². The molecule has 7 aromatic rings. The van der Waals surface area contributed by atoms with Crippen LogP contribution in [0.3, 0.4) is 0 Å². The minimum absolute atomic E-state index is 0.726. The lowest BCUT2D eigenvalue weighted by molar-refractivity contribution is 1.28. The maximum absolute atomic E-state index is 8.37. The summed E-state index contributed by atoms with van der Waals surface area (Å²) in [5.74, 6) is 0. The molecule has 1 aromatic heterocycles. The maximum atomic E-state index is 8.37. The second kappa shape index (κ2) is 15.0. The molecule has 0 unspecified atom stereocenters. The molecule has 0 aliphatic heterocycles. The quantitative estimate of drug-likeness (QED) is 0.113. The van der Waals surface area contributed by atoms with Crippen molar-refractivity contribution in [3.05, 3.63) is 212 Å². The molecule has 0 fully saturated rings. The Labute approximate surface area is 294 Å². The molecule has 0 saturated carbocycles. The van der Waals surface area contributed by atoms with Crippen LogP contribution in [0.15, 0.2) is 201 Å². The van der Waals surface area contributed by atoms with E-state index in [1.54, 1.807) is 6.20 Å². The molecule has 7 rings (SSSR count). The van der Waals surface area contributed by atoms with Crippen molar-refractivity contribution in [1.29, 1.82) is 5.41 Å². The van der Waals surface area contributed by atoms with Gasteiger partial charge >= 0.3 is 0 Å². The van der Waals surface area contributed by atoms with Gasteiger partial charge in [-0.25, -0.2) is 0 Å². The van der Waals surface area contributed by atoms with Gasteiger partial charge in [0.1, 0.15) is 0 Å². The highest BCUT2D eigenvalue weighted by atomic mass is 15.1. The SMILES string of the molecule is C=C(C=C(C=N)c1cncc(-c2cccc(N(c3ccccc3)c3ccccc3)c2)c1)c1cccc(N(c2ccccc2)c2ccccc2)c1. The summed E-state index contributed by atoms with van der Waals surface area (Å²) in [7, 11) is 0. The Bertz CT molecular complexity index is 2170. The van der Waals surface area contributed by atoms with E-state index in [2.05, 4.69) is 149 Å². The molecule has 50 heavy (non-hydrogen) atoms. The largest absolute Gasteiger partial charge is 0.310 e. The lowest BCUT2D eigenvalue weighted by Gasteiger charge is -2.26. The van der Waals surface area contributed by atoms with E-state index in [4.69, 9.17) is 5.41 Å². The van der Waals surface area contributed by atoms with Crippen LogP contribution in [0, 0.1) is 5.41 Å². The third kappa shape index (κ3) is 7.05. The Balaban J connectivity index is 1.20. The van der Waals surface area contributed by atoms with Crippen LogP contribution in [0.1, 0.15) is 11.1 Å². The molecule has 1 heterocycles. The van der Waals surface area contributed by atoms with Gasteiger partial charge in [0.25, 0.3) is 0 Å². The topological polar surface area (TPSA) is 43.2 Å². The van der Waals surface area contributed by atoms with Gasteiger partial charge in [-0.2, -0.15) is 0 Å². The number of pyridine rings is 1. The molecule has 240 valence electrons. The first-order chi connectivity index (χ1) is 24.7. The number of hydrogen-bond donors (Lipinski definition) is 1. The van der Waals surface area contributed by atoms with Crippen LogP contribution in [0.25, 0.3) is 22.3 Å². The number of nitrogens with one attached hydrogen (secondary N) is 1. The summed E-state index contributed by atoms with van der Waals surface area (Å²) in [6, 6.07) is 60.4. The van der Waals surface area contributed by atoms with Crippen LogP contribution >= 0.6 is 0 Å². The number of aromatic nitrogens is 1. The van der Waals surface area contributed by atoms with Gasteiger partial charge in [0.2, 0.25) is 0 Å². The zero-order valence-electron chi connectivity index (χ0n) is 27.6. The molecule has 0 radical (unpaired) electrons. The van der Waals surface area contributed by atoms with Crippen LogP contribution < -0.4 is 9.80 Å². The van der Waals surface area contributed by atoms with Crippen molar-refractivity contribution in [2.24, 2.45) is 0 Å². The molecular weight excluding hydrogens is 609 g/mol. The van der Waals surface area contributed by atoms with Gasteiger partial charge in [0, 0.05) is 69.4 Å². The molecule has 0 amide bonds. The Morgan fingerprint density at radius 2 is 0.920 bits per heavy atom. The van der Waals surface area contributed by atoms with E-state index >= 15 is 0 Å². The van der Waals surface area contributed by atoms with Crippen molar-refractivity contribution >= 4 is 51.5 Å². The minimum atomic E-state index is 0.726. The van der Waals surface area contributed by atoms with Crippen molar-refractivity contribution in [1.82, 2.24) is 4.98 Å². The van der Waals surface area contributed by atoms with Crippen LogP contribution in [0.5, 0.6) is 0 Å². The van der Waals surface area contributed by atoms with Gasteiger partial charge in [0.15, 0.2) is 0 Å². The smallest absolute Gasteiger partial charge is 0.0467 e. The van der Waals surface area contributed by atoms with Crippen molar-refractivity contribution in [2.75, 3.05) is 9.80 Å². The van der Waals surface area contributed by atoms with Crippen molar-refractivity contribution in [2.45, 2.75) is 0 Å². The Hall–Kier alpha value is -6.78. The van der Waals surface area contributed by atoms with Crippen molar-refractivity contribution in [3.63, 3.8) is 0 Å². The van der Waals surface area contributed by atoms with Crippen LogP contribution in [-0.2, 0) is 0 Å². The summed E-state index contributed by atoms with van der Waals surface area (Å²) in [5, 5.41) is 8.37. The van der Waals surface area contributed by atoms with Crippen LogP contribution in [0.2, 0.25) is 0 Å². The molecule has 1 N–H and O–H groups in total. The van der Waals surface area contributed by atoms with E-state index in [1.165, 1.54) is 6.21 Å². The summed E-state index contributed by atoms with van der Waals surface area (Å²) in [5.41, 5.74) is 11.7. The molecule has 0 aliphatic carbocycles. The molecule has 0 saturated heterocycles. The number of nitrogens with zero attached hydrogens (tertiary/aromatic N) is 3. The standard InChI is InChI=1S/C46H36N4/c1-35(36-16-14-26-45(30-36)49(41-18-6-2-7-19-41)42-20-8-3-9-21-42)28-38(32-47)40-29-39(33-48-34-40)37-17-15-27-46(31-37)50(43-22-10-4-11-23-43)44-24-12-5-13-25-44/h2-34,47H,1H2. The molecule has 0 atom stereocenters. The van der Waals surface area contributed by atoms with E-state index in [0.717, 1.165) is 67.5 Å². The summed E-state index contributed by atoms with van der Waals surface area (Å²) in [6.07, 6.45) is 7.02. The second-order valence-electron chi connectivity index (χ2n) is 11.8. The van der Waals surface area contributed by atoms with Gasteiger partial charge in [-0.15, -0.1) is 0 Å². The summed E-state index contributed by atoms with van der Waals surface area (Å²) >= 11 is 0. The lowest BCUT2D eigenvalue weighted by atomic mass is 9.98. The fraction of sp³-hybridized carbons (Fsp3) is 0. The summed E-state index contributed by atoms with van der Waals surface area (Å²) in [6.45, 7) is 4.43. The third-order valence-corrected chi connectivity index (χ3v) is 8.53. The van der Waals surface area contributed by atoms with Crippen molar-refractivity contribution < 1.29 is 0 Å². The number of allylic oxidation sites excluding steroid dienone is 3. The molecule has 0 bridgehead atoms. The lowest BCUT2D eigenvalue weighted by Crippen LogP contribution is -2.09. The fourth-order valence-electron chi connectivity index (χ4n) is 6.11. The maximum Gasteiger partial charge on any atom is 0.0467 e.